The molecule has 1 aliphatic rings. The first-order valence-corrected chi connectivity index (χ1v) is 11.5. The lowest BCUT2D eigenvalue weighted by Crippen LogP contribution is -2.30. The molecule has 0 saturated heterocycles. The van der Waals surface area contributed by atoms with Crippen LogP contribution in [0.15, 0.2) is 24.8 Å². The third kappa shape index (κ3) is 5.42. The van der Waals surface area contributed by atoms with Crippen LogP contribution in [-0.2, 0) is 24.9 Å². The van der Waals surface area contributed by atoms with Crippen LogP contribution in [0.3, 0.4) is 0 Å². The minimum absolute atomic E-state index is 0.0785. The van der Waals surface area contributed by atoms with Crippen molar-refractivity contribution < 1.29 is 18.3 Å². The van der Waals surface area contributed by atoms with E-state index in [-0.39, 0.29) is 24.0 Å². The van der Waals surface area contributed by atoms with E-state index >= 15 is 0 Å². The van der Waals surface area contributed by atoms with Gasteiger partial charge >= 0.3 is 7.60 Å². The van der Waals surface area contributed by atoms with E-state index in [1.807, 2.05) is 32.3 Å². The van der Waals surface area contributed by atoms with Gasteiger partial charge in [-0.3, -0.25) is 4.57 Å². The molecule has 2 aromatic rings. The highest BCUT2D eigenvalue weighted by Gasteiger charge is 2.35. The van der Waals surface area contributed by atoms with Gasteiger partial charge in [0.15, 0.2) is 11.5 Å². The van der Waals surface area contributed by atoms with Gasteiger partial charge in [-0.1, -0.05) is 12.2 Å². The van der Waals surface area contributed by atoms with E-state index < -0.39 is 7.60 Å². The first kappa shape index (κ1) is 21.9. The van der Waals surface area contributed by atoms with Gasteiger partial charge in [-0.15, -0.1) is 0 Å². The second-order valence-corrected chi connectivity index (χ2v) is 9.98. The van der Waals surface area contributed by atoms with Crippen LogP contribution in [0, 0.1) is 5.41 Å². The Morgan fingerprint density at radius 1 is 1.14 bits per heavy atom. The number of aromatic nitrogens is 4. The number of nitrogen functional groups attached to an aromatic ring is 1. The predicted octanol–water partition coefficient (Wildman–Crippen LogP) is 3.76. The lowest BCUT2D eigenvalue weighted by atomic mass is 9.86. The van der Waals surface area contributed by atoms with Crippen LogP contribution >= 0.6 is 7.60 Å². The maximum absolute atomic E-state index is 13.0. The zero-order valence-corrected chi connectivity index (χ0v) is 18.3. The third-order valence-electron chi connectivity index (χ3n) is 4.60. The predicted molar refractivity (Wildman–Crippen MR) is 111 cm³/mol. The molecule has 29 heavy (non-hydrogen) atoms. The van der Waals surface area contributed by atoms with E-state index in [0.29, 0.717) is 30.1 Å². The molecule has 10 heteroatoms. The molecule has 2 heterocycles. The highest BCUT2D eigenvalue weighted by Crippen LogP contribution is 2.51. The lowest BCUT2D eigenvalue weighted by Gasteiger charge is -2.30. The summed E-state index contributed by atoms with van der Waals surface area (Å²) >= 11 is 0. The van der Waals surface area contributed by atoms with E-state index in [1.54, 1.807) is 6.33 Å². The number of allylic oxidation sites excluding steroid dienone is 2. The Morgan fingerprint density at radius 3 is 2.41 bits per heavy atom. The van der Waals surface area contributed by atoms with Gasteiger partial charge in [-0.25, -0.2) is 15.0 Å². The number of rotatable bonds is 10. The zero-order valence-electron chi connectivity index (χ0n) is 17.4. The largest absolute Gasteiger partial charge is 0.382 e. The van der Waals surface area contributed by atoms with Crippen LogP contribution in [0.1, 0.15) is 40.5 Å². The average Bonchev–Trinajstić information content (AvgIpc) is 3.22. The topological polar surface area (TPSA) is 114 Å². The number of ether oxygens (including phenoxy) is 1. The van der Waals surface area contributed by atoms with Crippen LogP contribution in [0.5, 0.6) is 0 Å². The number of imidazole rings is 1. The van der Waals surface area contributed by atoms with E-state index in [0.717, 1.165) is 12.8 Å². The second-order valence-electron chi connectivity index (χ2n) is 8.08. The highest BCUT2D eigenvalue weighted by atomic mass is 31.2. The van der Waals surface area contributed by atoms with Crippen LogP contribution in [0.25, 0.3) is 11.2 Å². The summed E-state index contributed by atoms with van der Waals surface area (Å²) in [6, 6.07) is 0. The number of nitrogens with two attached hydrogens (primary N) is 1. The minimum atomic E-state index is -3.33. The first-order valence-electron chi connectivity index (χ1n) is 9.82. The van der Waals surface area contributed by atoms with Crippen LogP contribution in [-0.4, -0.2) is 44.7 Å². The summed E-state index contributed by atoms with van der Waals surface area (Å²) in [5.74, 6) is 0.362. The Kier molecular flexibility index (Phi) is 6.73. The van der Waals surface area contributed by atoms with E-state index in [2.05, 4.69) is 27.1 Å². The summed E-state index contributed by atoms with van der Waals surface area (Å²) in [6.45, 7) is 8.38. The van der Waals surface area contributed by atoms with Crippen molar-refractivity contribution in [1.29, 1.82) is 0 Å². The standard InChI is InChI=1S/C19H30N5O4P/c1-14(2)27-29(25,28-15(3)4)13-26-10-19(7-5-6-8-19)9-24-12-23-16-17(20)21-11-22-18(16)24/h5-6,11-12,14-15H,7-10,13H2,1-4H3,(H2,20,21,22). The molecule has 0 amide bonds. The molecule has 0 fully saturated rings. The normalized spacial score (nSPS) is 16.5. The van der Waals surface area contributed by atoms with E-state index in [1.165, 1.54) is 6.33 Å². The Bertz CT molecular complexity index is 889. The number of fused-ring (bicyclic) bond motifs is 1. The molecule has 0 radical (unpaired) electrons. The summed E-state index contributed by atoms with van der Waals surface area (Å²) in [5, 5.41) is 0. The third-order valence-corrected chi connectivity index (χ3v) is 6.59. The number of anilines is 1. The van der Waals surface area contributed by atoms with Gasteiger partial charge in [0.1, 0.15) is 18.2 Å². The molecule has 9 nitrogen and oxygen atoms in total. The van der Waals surface area contributed by atoms with Gasteiger partial charge < -0.3 is 24.1 Å². The van der Waals surface area contributed by atoms with Crippen molar-refractivity contribution in [3.63, 3.8) is 0 Å². The summed E-state index contributed by atoms with van der Waals surface area (Å²) in [6.07, 6.45) is 8.62. The fraction of sp³-hybridized carbons (Fsp3) is 0.632. The van der Waals surface area contributed by atoms with Crippen LogP contribution in [0.4, 0.5) is 5.82 Å². The molecule has 0 unspecified atom stereocenters. The van der Waals surface area contributed by atoms with Crippen molar-refractivity contribution >= 4 is 24.6 Å². The summed E-state index contributed by atoms with van der Waals surface area (Å²) in [5.41, 5.74) is 7.00. The molecule has 1 aliphatic carbocycles. The molecule has 0 aliphatic heterocycles. The quantitative estimate of drug-likeness (QED) is 0.454. The average molecular weight is 423 g/mol. The molecule has 2 aromatic heterocycles. The molecule has 3 rings (SSSR count). The Labute approximate surface area is 171 Å². The molecule has 0 saturated carbocycles. The van der Waals surface area contributed by atoms with Crippen LogP contribution in [0.2, 0.25) is 0 Å². The van der Waals surface area contributed by atoms with Gasteiger partial charge in [0.25, 0.3) is 0 Å². The minimum Gasteiger partial charge on any atom is -0.382 e. The summed E-state index contributed by atoms with van der Waals surface area (Å²) < 4.78 is 32.0. The highest BCUT2D eigenvalue weighted by molar-refractivity contribution is 7.53. The SMILES string of the molecule is CC(C)OP(=O)(COCC1(Cn2cnc3c(N)ncnc32)CC=CC1)OC(C)C. The van der Waals surface area contributed by atoms with E-state index in [4.69, 9.17) is 19.5 Å². The molecule has 160 valence electrons. The maximum Gasteiger partial charge on any atom is 0.356 e. The first-order chi connectivity index (χ1) is 13.7. The number of hydrogen-bond donors (Lipinski definition) is 1. The smallest absolute Gasteiger partial charge is 0.356 e. The molecule has 0 spiro atoms. The number of hydrogen-bond acceptors (Lipinski definition) is 8. The molecule has 0 aromatic carbocycles. The molecule has 2 N–H and O–H groups in total. The van der Waals surface area contributed by atoms with Crippen molar-refractivity contribution in [2.45, 2.75) is 59.3 Å². The molecular weight excluding hydrogens is 393 g/mol. The lowest BCUT2D eigenvalue weighted by molar-refractivity contribution is 0.0429. The summed E-state index contributed by atoms with van der Waals surface area (Å²) in [4.78, 5) is 12.7. The fourth-order valence-electron chi connectivity index (χ4n) is 3.52. The van der Waals surface area contributed by atoms with Gasteiger partial charge in [0.2, 0.25) is 0 Å². The van der Waals surface area contributed by atoms with Crippen molar-refractivity contribution in [3.05, 3.63) is 24.8 Å². The Balaban J connectivity index is 1.71. The monoisotopic (exact) mass is 423 g/mol. The van der Waals surface area contributed by atoms with Crippen molar-refractivity contribution in [2.75, 3.05) is 18.7 Å². The Hall–Kier alpha value is -1.80. The van der Waals surface area contributed by atoms with Crippen molar-refractivity contribution in [1.82, 2.24) is 19.5 Å². The molecular formula is C19H30N5O4P. The molecule has 0 atom stereocenters. The van der Waals surface area contributed by atoms with Gasteiger partial charge in [-0.05, 0) is 40.5 Å². The second kappa shape index (κ2) is 8.92. The zero-order chi connectivity index (χ0) is 21.1. The van der Waals surface area contributed by atoms with Crippen molar-refractivity contribution in [3.8, 4) is 0 Å². The Morgan fingerprint density at radius 2 is 1.79 bits per heavy atom. The van der Waals surface area contributed by atoms with Crippen molar-refractivity contribution in [2.24, 2.45) is 5.41 Å². The number of nitrogens with zero attached hydrogens (tertiary/aromatic N) is 4. The van der Waals surface area contributed by atoms with Gasteiger partial charge in [0, 0.05) is 12.0 Å². The summed E-state index contributed by atoms with van der Waals surface area (Å²) in [7, 11) is -3.33. The van der Waals surface area contributed by atoms with E-state index in [9.17, 15) is 4.57 Å². The maximum atomic E-state index is 13.0. The van der Waals surface area contributed by atoms with Gasteiger partial charge in [-0.2, -0.15) is 0 Å². The molecule has 0 bridgehead atoms. The van der Waals surface area contributed by atoms with Crippen LogP contribution < -0.4 is 5.73 Å². The van der Waals surface area contributed by atoms with Gasteiger partial charge in [0.05, 0.1) is 25.1 Å². The fourth-order valence-corrected chi connectivity index (χ4v) is 5.29.